The fraction of sp³-hybridized carbons (Fsp3) is 0.182. The molecule has 0 aliphatic heterocycles. The molecule has 6 heteroatoms. The van der Waals surface area contributed by atoms with Gasteiger partial charge in [0.1, 0.15) is 11.5 Å². The summed E-state index contributed by atoms with van der Waals surface area (Å²) in [5.74, 6) is 0.667. The molecule has 0 spiro atoms. The van der Waals surface area contributed by atoms with Gasteiger partial charge in [0.2, 0.25) is 0 Å². The third-order valence-corrected chi connectivity index (χ3v) is 2.54. The average Bonchev–Trinajstić information content (AvgIpc) is 2.70. The number of aromatic nitrogens is 1. The van der Waals surface area contributed by atoms with E-state index in [0.717, 1.165) is 11.1 Å². The van der Waals surface area contributed by atoms with Crippen LogP contribution in [0.25, 0.3) is 11.3 Å². The van der Waals surface area contributed by atoms with Crippen molar-refractivity contribution in [2.75, 3.05) is 0 Å². The largest absolute Gasteiger partial charge is 0.361 e. The number of hydrogen-bond acceptors (Lipinski definition) is 5. The van der Waals surface area contributed by atoms with Crippen molar-refractivity contribution < 1.29 is 9.45 Å². The van der Waals surface area contributed by atoms with E-state index in [1.54, 1.807) is 19.1 Å². The number of rotatable bonds is 3. The van der Waals surface area contributed by atoms with Crippen LogP contribution in [-0.2, 0) is 6.54 Å². The van der Waals surface area contributed by atoms with Crippen molar-refractivity contribution in [1.29, 1.82) is 0 Å². The Kier molecular flexibility index (Phi) is 2.88. The predicted octanol–water partition coefficient (Wildman–Crippen LogP) is 2.02. The van der Waals surface area contributed by atoms with Gasteiger partial charge in [0.05, 0.1) is 4.92 Å². The number of nitrogens with two attached hydrogens (primary N) is 1. The van der Waals surface area contributed by atoms with Crippen LogP contribution in [0.15, 0.2) is 28.8 Å². The number of nitro benzene ring substituents is 1. The van der Waals surface area contributed by atoms with Crippen LogP contribution >= 0.6 is 0 Å². The molecule has 0 aliphatic rings. The van der Waals surface area contributed by atoms with Crippen molar-refractivity contribution >= 4 is 5.69 Å². The summed E-state index contributed by atoms with van der Waals surface area (Å²) >= 11 is 0. The Balaban J connectivity index is 2.43. The summed E-state index contributed by atoms with van der Waals surface area (Å²) in [6, 6.07) is 6.13. The summed E-state index contributed by atoms with van der Waals surface area (Å²) in [4.78, 5) is 10.1. The Bertz CT molecular complexity index is 546. The van der Waals surface area contributed by atoms with E-state index >= 15 is 0 Å². The van der Waals surface area contributed by atoms with Crippen LogP contribution in [0.3, 0.4) is 0 Å². The predicted molar refractivity (Wildman–Crippen MR) is 61.2 cm³/mol. The van der Waals surface area contributed by atoms with Gasteiger partial charge in [-0.2, -0.15) is 0 Å². The first kappa shape index (κ1) is 11.3. The minimum atomic E-state index is -0.443. The van der Waals surface area contributed by atoms with Crippen molar-refractivity contribution in [2.24, 2.45) is 5.73 Å². The molecule has 2 aromatic rings. The Morgan fingerprint density at radius 2 is 2.06 bits per heavy atom. The van der Waals surface area contributed by atoms with E-state index in [9.17, 15) is 10.1 Å². The fourth-order valence-corrected chi connectivity index (χ4v) is 1.60. The molecule has 0 atom stereocenters. The first-order valence-electron chi connectivity index (χ1n) is 5.03. The van der Waals surface area contributed by atoms with Gasteiger partial charge in [0, 0.05) is 29.8 Å². The average molecular weight is 233 g/mol. The lowest BCUT2D eigenvalue weighted by atomic mass is 10.1. The van der Waals surface area contributed by atoms with E-state index in [1.807, 2.05) is 0 Å². The van der Waals surface area contributed by atoms with Gasteiger partial charge in [0.25, 0.3) is 5.69 Å². The molecule has 0 radical (unpaired) electrons. The first-order valence-corrected chi connectivity index (χ1v) is 5.03. The molecule has 88 valence electrons. The molecule has 6 nitrogen and oxygen atoms in total. The van der Waals surface area contributed by atoms with Crippen molar-refractivity contribution in [2.45, 2.75) is 13.5 Å². The molecule has 2 N–H and O–H groups in total. The molecule has 0 aliphatic carbocycles. The lowest BCUT2D eigenvalue weighted by molar-refractivity contribution is -0.384. The first-order chi connectivity index (χ1) is 8.13. The van der Waals surface area contributed by atoms with Gasteiger partial charge in [-0.25, -0.2) is 0 Å². The van der Waals surface area contributed by atoms with Gasteiger partial charge >= 0.3 is 0 Å². The second-order valence-corrected chi connectivity index (χ2v) is 3.57. The van der Waals surface area contributed by atoms with Crippen molar-refractivity contribution in [3.8, 4) is 11.3 Å². The second kappa shape index (κ2) is 4.34. The van der Waals surface area contributed by atoms with Gasteiger partial charge < -0.3 is 10.3 Å². The topological polar surface area (TPSA) is 95.2 Å². The van der Waals surface area contributed by atoms with Crippen LogP contribution in [0.1, 0.15) is 11.3 Å². The van der Waals surface area contributed by atoms with E-state index in [-0.39, 0.29) is 5.69 Å². The molecule has 17 heavy (non-hydrogen) atoms. The third-order valence-electron chi connectivity index (χ3n) is 2.54. The molecule has 0 unspecified atom stereocenters. The third kappa shape index (κ3) is 2.02. The summed E-state index contributed by atoms with van der Waals surface area (Å²) in [6.45, 7) is 2.10. The highest BCUT2D eigenvalue weighted by Crippen LogP contribution is 2.26. The van der Waals surface area contributed by atoms with E-state index in [0.29, 0.717) is 18.0 Å². The van der Waals surface area contributed by atoms with Crippen LogP contribution < -0.4 is 5.73 Å². The van der Waals surface area contributed by atoms with E-state index in [2.05, 4.69) is 5.16 Å². The molecule has 0 amide bonds. The molecule has 0 saturated heterocycles. The SMILES string of the molecule is Cc1onc(-c2ccc([N+](=O)[O-])cc2)c1CN. The van der Waals surface area contributed by atoms with Crippen molar-refractivity contribution in [3.05, 3.63) is 45.7 Å². The smallest absolute Gasteiger partial charge is 0.269 e. The molecule has 0 bridgehead atoms. The number of hydrogen-bond donors (Lipinski definition) is 1. The van der Waals surface area contributed by atoms with Gasteiger partial charge in [-0.3, -0.25) is 10.1 Å². The zero-order valence-corrected chi connectivity index (χ0v) is 9.21. The maximum absolute atomic E-state index is 10.5. The number of nitro groups is 1. The van der Waals surface area contributed by atoms with Crippen LogP contribution in [0.2, 0.25) is 0 Å². The molecule has 0 saturated carbocycles. The fourth-order valence-electron chi connectivity index (χ4n) is 1.60. The lowest BCUT2D eigenvalue weighted by Crippen LogP contribution is -1.98. The summed E-state index contributed by atoms with van der Waals surface area (Å²) in [5, 5.41) is 14.4. The molecule has 1 heterocycles. The Labute approximate surface area is 97.2 Å². The van der Waals surface area contributed by atoms with Crippen LogP contribution in [-0.4, -0.2) is 10.1 Å². The van der Waals surface area contributed by atoms with Crippen molar-refractivity contribution in [3.63, 3.8) is 0 Å². The number of benzene rings is 1. The standard InChI is InChI=1S/C11H11N3O3/c1-7-10(6-12)11(13-17-7)8-2-4-9(5-3-8)14(15)16/h2-5H,6,12H2,1H3. The summed E-state index contributed by atoms with van der Waals surface area (Å²) in [5.41, 5.74) is 7.86. The van der Waals surface area contributed by atoms with E-state index in [4.69, 9.17) is 10.3 Å². The second-order valence-electron chi connectivity index (χ2n) is 3.57. The van der Waals surface area contributed by atoms with Crippen LogP contribution in [0.5, 0.6) is 0 Å². The highest BCUT2D eigenvalue weighted by Gasteiger charge is 2.14. The van der Waals surface area contributed by atoms with Gasteiger partial charge in [-0.15, -0.1) is 0 Å². The van der Waals surface area contributed by atoms with Crippen LogP contribution in [0.4, 0.5) is 5.69 Å². The van der Waals surface area contributed by atoms with E-state index in [1.165, 1.54) is 12.1 Å². The number of non-ortho nitro benzene ring substituents is 1. The monoisotopic (exact) mass is 233 g/mol. The van der Waals surface area contributed by atoms with Gasteiger partial charge in [0.15, 0.2) is 0 Å². The Morgan fingerprint density at radius 3 is 2.59 bits per heavy atom. The Hall–Kier alpha value is -2.21. The highest BCUT2D eigenvalue weighted by molar-refractivity contribution is 5.64. The summed E-state index contributed by atoms with van der Waals surface area (Å²) < 4.78 is 5.05. The normalized spacial score (nSPS) is 10.5. The molecular formula is C11H11N3O3. The molecule has 1 aromatic heterocycles. The summed E-state index contributed by atoms with van der Waals surface area (Å²) in [6.07, 6.45) is 0. The zero-order chi connectivity index (χ0) is 12.4. The van der Waals surface area contributed by atoms with Gasteiger partial charge in [-0.05, 0) is 19.1 Å². The highest BCUT2D eigenvalue weighted by atomic mass is 16.6. The Morgan fingerprint density at radius 1 is 1.41 bits per heavy atom. The maximum Gasteiger partial charge on any atom is 0.269 e. The molecule has 1 aromatic carbocycles. The zero-order valence-electron chi connectivity index (χ0n) is 9.21. The maximum atomic E-state index is 10.5. The lowest BCUT2D eigenvalue weighted by Gasteiger charge is -1.99. The van der Waals surface area contributed by atoms with Crippen molar-refractivity contribution in [1.82, 2.24) is 5.16 Å². The van der Waals surface area contributed by atoms with E-state index < -0.39 is 4.92 Å². The number of nitrogens with zero attached hydrogens (tertiary/aromatic N) is 2. The summed E-state index contributed by atoms with van der Waals surface area (Å²) in [7, 11) is 0. The minimum Gasteiger partial charge on any atom is -0.361 e. The quantitative estimate of drug-likeness (QED) is 0.646. The molecule has 0 fully saturated rings. The minimum absolute atomic E-state index is 0.0447. The van der Waals surface area contributed by atoms with Crippen LogP contribution in [0, 0.1) is 17.0 Å². The molecular weight excluding hydrogens is 222 g/mol. The molecule has 2 rings (SSSR count). The number of aryl methyl sites for hydroxylation is 1. The van der Waals surface area contributed by atoms with Gasteiger partial charge in [-0.1, -0.05) is 5.16 Å².